The lowest BCUT2D eigenvalue weighted by atomic mass is 10.1. The predicted molar refractivity (Wildman–Crippen MR) is 102 cm³/mol. The fourth-order valence-corrected chi connectivity index (χ4v) is 4.70. The Balaban J connectivity index is 1.62. The summed E-state index contributed by atoms with van der Waals surface area (Å²) < 4.78 is 38.1. The molecule has 1 atom stereocenters. The molecule has 1 saturated heterocycles. The zero-order valence-electron chi connectivity index (χ0n) is 14.1. The third kappa shape index (κ3) is 4.87. The second kappa shape index (κ2) is 8.39. The van der Waals surface area contributed by atoms with Gasteiger partial charge in [-0.2, -0.15) is 13.2 Å². The van der Waals surface area contributed by atoms with Gasteiger partial charge in [0.15, 0.2) is 0 Å². The van der Waals surface area contributed by atoms with Crippen molar-refractivity contribution < 1.29 is 22.8 Å². The van der Waals surface area contributed by atoms with Crippen LogP contribution >= 0.6 is 23.5 Å². The van der Waals surface area contributed by atoms with Gasteiger partial charge in [-0.1, -0.05) is 54.2 Å². The fraction of sp³-hybridized carbons (Fsp3) is 0.263. The molecule has 0 aliphatic carbocycles. The second-order valence-corrected chi connectivity index (χ2v) is 8.01. The lowest BCUT2D eigenvalue weighted by Crippen LogP contribution is -2.30. The Hall–Kier alpha value is -1.93. The average Bonchev–Trinajstić information content (AvgIpc) is 3.02. The molecule has 0 radical (unpaired) electrons. The van der Waals surface area contributed by atoms with Crippen molar-refractivity contribution >= 4 is 34.5 Å². The zero-order chi connectivity index (χ0) is 19.4. The highest BCUT2D eigenvalue weighted by atomic mass is 32.2. The van der Waals surface area contributed by atoms with Gasteiger partial charge in [-0.05, 0) is 17.7 Å². The van der Waals surface area contributed by atoms with Crippen molar-refractivity contribution in [2.75, 3.05) is 18.1 Å². The van der Waals surface area contributed by atoms with Crippen molar-refractivity contribution in [2.24, 2.45) is 0 Å². The first-order valence-electron chi connectivity index (χ1n) is 8.16. The van der Waals surface area contributed by atoms with Gasteiger partial charge in [0.05, 0.1) is 11.3 Å². The first-order chi connectivity index (χ1) is 12.9. The van der Waals surface area contributed by atoms with Crippen LogP contribution < -0.4 is 0 Å². The molecule has 27 heavy (non-hydrogen) atoms. The molecule has 3 nitrogen and oxygen atoms in total. The Morgan fingerprint density at radius 2 is 1.78 bits per heavy atom. The van der Waals surface area contributed by atoms with Crippen molar-refractivity contribution in [2.45, 2.75) is 11.6 Å². The van der Waals surface area contributed by atoms with Gasteiger partial charge in [0, 0.05) is 17.9 Å². The summed E-state index contributed by atoms with van der Waals surface area (Å²) in [6.07, 6.45) is -4.38. The molecule has 0 saturated carbocycles. The molecule has 1 heterocycles. The molecule has 3 rings (SSSR count). The van der Waals surface area contributed by atoms with Gasteiger partial charge in [-0.15, -0.1) is 11.8 Å². The van der Waals surface area contributed by atoms with Crippen molar-refractivity contribution in [1.29, 1.82) is 0 Å². The standard InChI is InChI=1S/C19H16F3NO2S2/c20-19(21,22)15-8-6-13(7-9-15)17-23(16(24)12-27-17)10-11-26-18(25)14-4-2-1-3-5-14/h1-9,17H,10-12H2. The van der Waals surface area contributed by atoms with E-state index in [0.29, 0.717) is 23.4 Å². The Morgan fingerprint density at radius 1 is 1.11 bits per heavy atom. The molecular formula is C19H16F3NO2S2. The molecule has 0 bridgehead atoms. The topological polar surface area (TPSA) is 37.4 Å². The van der Waals surface area contributed by atoms with Crippen LogP contribution in [0.2, 0.25) is 0 Å². The molecule has 0 aromatic heterocycles. The minimum absolute atomic E-state index is 0.0685. The number of carbonyl (C=O) groups is 2. The number of hydrogen-bond donors (Lipinski definition) is 0. The van der Waals surface area contributed by atoms with Crippen LogP contribution in [0.25, 0.3) is 0 Å². The van der Waals surface area contributed by atoms with Crippen LogP contribution in [0.1, 0.15) is 26.9 Å². The summed E-state index contributed by atoms with van der Waals surface area (Å²) in [5, 5.41) is -0.395. The maximum absolute atomic E-state index is 12.7. The van der Waals surface area contributed by atoms with Crippen molar-refractivity contribution in [3.63, 3.8) is 0 Å². The SMILES string of the molecule is O=C(SCCN1C(=O)CSC1c1ccc(C(F)(F)F)cc1)c1ccccc1. The van der Waals surface area contributed by atoms with Gasteiger partial charge in [0.25, 0.3) is 0 Å². The van der Waals surface area contributed by atoms with Gasteiger partial charge in [-0.25, -0.2) is 0 Å². The average molecular weight is 411 g/mol. The number of rotatable bonds is 5. The number of hydrogen-bond acceptors (Lipinski definition) is 4. The summed E-state index contributed by atoms with van der Waals surface area (Å²) in [7, 11) is 0. The molecule has 2 aromatic carbocycles. The number of halogens is 3. The largest absolute Gasteiger partial charge is 0.416 e. The molecule has 1 aliphatic heterocycles. The molecule has 1 amide bonds. The van der Waals surface area contributed by atoms with Crippen LogP contribution in [0.5, 0.6) is 0 Å². The molecule has 0 spiro atoms. The van der Waals surface area contributed by atoms with Crippen LogP contribution in [-0.2, 0) is 11.0 Å². The Morgan fingerprint density at radius 3 is 2.41 bits per heavy atom. The highest BCUT2D eigenvalue weighted by molar-refractivity contribution is 8.14. The Kier molecular flexibility index (Phi) is 6.16. The van der Waals surface area contributed by atoms with Gasteiger partial charge in [-0.3, -0.25) is 9.59 Å². The van der Waals surface area contributed by atoms with Crippen LogP contribution in [0.3, 0.4) is 0 Å². The molecule has 0 N–H and O–H groups in total. The van der Waals surface area contributed by atoms with Gasteiger partial charge in [0.2, 0.25) is 11.0 Å². The van der Waals surface area contributed by atoms with E-state index in [4.69, 9.17) is 0 Å². The van der Waals surface area contributed by atoms with Crippen molar-refractivity contribution in [3.05, 3.63) is 71.3 Å². The monoisotopic (exact) mass is 411 g/mol. The van der Waals surface area contributed by atoms with Crippen LogP contribution in [0.4, 0.5) is 13.2 Å². The molecule has 1 unspecified atom stereocenters. The second-order valence-electron chi connectivity index (χ2n) is 5.87. The van der Waals surface area contributed by atoms with E-state index >= 15 is 0 Å². The Bertz CT molecular complexity index is 810. The maximum Gasteiger partial charge on any atom is 0.416 e. The first-order valence-corrected chi connectivity index (χ1v) is 10.2. The minimum Gasteiger partial charge on any atom is -0.325 e. The molecule has 142 valence electrons. The highest BCUT2D eigenvalue weighted by Gasteiger charge is 2.34. The van der Waals surface area contributed by atoms with E-state index in [1.54, 1.807) is 29.2 Å². The van der Waals surface area contributed by atoms with Crippen molar-refractivity contribution in [3.8, 4) is 0 Å². The number of benzene rings is 2. The third-order valence-electron chi connectivity index (χ3n) is 4.07. The summed E-state index contributed by atoms with van der Waals surface area (Å²) >= 11 is 2.51. The van der Waals surface area contributed by atoms with E-state index in [1.165, 1.54) is 23.9 Å². The summed E-state index contributed by atoms with van der Waals surface area (Å²) in [4.78, 5) is 25.9. The first kappa shape index (κ1) is 19.8. The van der Waals surface area contributed by atoms with Gasteiger partial charge in [0.1, 0.15) is 5.37 Å². The number of thioether (sulfide) groups is 2. The van der Waals surface area contributed by atoms with E-state index in [9.17, 15) is 22.8 Å². The van der Waals surface area contributed by atoms with E-state index < -0.39 is 11.7 Å². The molecule has 8 heteroatoms. The summed E-state index contributed by atoms with van der Waals surface area (Å²) in [6.45, 7) is 0.362. The molecular weight excluding hydrogens is 395 g/mol. The quantitative estimate of drug-likeness (QED) is 0.705. The fourth-order valence-electron chi connectivity index (χ4n) is 2.70. The van der Waals surface area contributed by atoms with Crippen LogP contribution in [-0.4, -0.2) is 34.0 Å². The van der Waals surface area contributed by atoms with Gasteiger partial charge < -0.3 is 4.90 Å². The van der Waals surface area contributed by atoms with E-state index in [0.717, 1.165) is 23.9 Å². The summed E-state index contributed by atoms with van der Waals surface area (Å²) in [6, 6.07) is 13.8. The number of nitrogens with zero attached hydrogens (tertiary/aromatic N) is 1. The highest BCUT2D eigenvalue weighted by Crippen LogP contribution is 2.39. The summed E-state index contributed by atoms with van der Waals surface area (Å²) in [5.41, 5.74) is 0.540. The summed E-state index contributed by atoms with van der Waals surface area (Å²) in [5.74, 6) is 0.637. The van der Waals surface area contributed by atoms with E-state index in [2.05, 4.69) is 0 Å². The number of carbonyl (C=O) groups excluding carboxylic acids is 2. The molecule has 1 aliphatic rings. The number of alkyl halides is 3. The predicted octanol–water partition coefficient (Wildman–Crippen LogP) is 4.85. The lowest BCUT2D eigenvalue weighted by molar-refractivity contribution is -0.137. The molecule has 1 fully saturated rings. The zero-order valence-corrected chi connectivity index (χ0v) is 15.7. The van der Waals surface area contributed by atoms with Crippen molar-refractivity contribution in [1.82, 2.24) is 4.90 Å². The minimum atomic E-state index is -4.38. The van der Waals surface area contributed by atoms with E-state index in [-0.39, 0.29) is 22.1 Å². The number of amides is 1. The Labute approximate surface area is 163 Å². The van der Waals surface area contributed by atoms with Crippen LogP contribution in [0, 0.1) is 0 Å². The lowest BCUT2D eigenvalue weighted by Gasteiger charge is -2.24. The smallest absolute Gasteiger partial charge is 0.325 e. The maximum atomic E-state index is 12.7. The molecule has 2 aromatic rings. The van der Waals surface area contributed by atoms with Gasteiger partial charge >= 0.3 is 6.18 Å². The normalized spacial score (nSPS) is 17.4. The van der Waals surface area contributed by atoms with Crippen LogP contribution in [0.15, 0.2) is 54.6 Å². The third-order valence-corrected chi connectivity index (χ3v) is 6.21. The van der Waals surface area contributed by atoms with E-state index in [1.807, 2.05) is 6.07 Å².